The van der Waals surface area contributed by atoms with Gasteiger partial charge in [-0.3, -0.25) is 4.79 Å². The Morgan fingerprint density at radius 3 is 2.50 bits per heavy atom. The lowest BCUT2D eigenvalue weighted by Gasteiger charge is -2.32. The van der Waals surface area contributed by atoms with Gasteiger partial charge in [0.2, 0.25) is 0 Å². The van der Waals surface area contributed by atoms with Gasteiger partial charge in [-0.15, -0.1) is 0 Å². The minimum absolute atomic E-state index is 0.0405. The first-order chi connectivity index (χ1) is 11.5. The number of nitrogens with two attached hydrogens (primary N) is 1. The molecule has 1 fully saturated rings. The number of amides is 1. The predicted molar refractivity (Wildman–Crippen MR) is 99.0 cm³/mol. The number of hydrogen-bond donors (Lipinski definition) is 2. The van der Waals surface area contributed by atoms with Crippen LogP contribution < -0.4 is 11.1 Å². The third-order valence-electron chi connectivity index (χ3n) is 4.23. The molecule has 0 radical (unpaired) electrons. The maximum absolute atomic E-state index is 12.9. The van der Waals surface area contributed by atoms with E-state index in [2.05, 4.69) is 17.3 Å². The van der Waals surface area contributed by atoms with Crippen LogP contribution in [-0.2, 0) is 0 Å². The molecule has 1 aliphatic heterocycles. The molecule has 24 heavy (non-hydrogen) atoms. The highest BCUT2D eigenvalue weighted by molar-refractivity contribution is 6.31. The monoisotopic (exact) mass is 344 g/mol. The van der Waals surface area contributed by atoms with E-state index in [1.807, 2.05) is 35.2 Å². The third kappa shape index (κ3) is 3.63. The number of carbonyl (C=O) groups is 1. The zero-order valence-corrected chi connectivity index (χ0v) is 14.4. The molecule has 0 bridgehead atoms. The van der Waals surface area contributed by atoms with Gasteiger partial charge in [-0.05, 0) is 37.4 Å². The Hall–Kier alpha value is -2.24. The van der Waals surface area contributed by atoms with Crippen LogP contribution in [0.25, 0.3) is 0 Å². The number of likely N-dealkylation sites (N-methyl/N-ethyl adjacent to an activating group) is 1. The van der Waals surface area contributed by atoms with Gasteiger partial charge in [0.1, 0.15) is 0 Å². The summed E-state index contributed by atoms with van der Waals surface area (Å²) in [7, 11) is 2.07. The molecule has 6 heteroatoms. The standard InChI is InChI=1S/C18H21ClN4O/c1-22-8-10-23(11-9-22)18(24)14-4-2-3-5-16(14)21-17-7-6-13(19)12-15(17)20/h2-7,12,21H,8-11,20H2,1H3. The number of hydrogen-bond acceptors (Lipinski definition) is 4. The van der Waals surface area contributed by atoms with Gasteiger partial charge in [-0.25, -0.2) is 0 Å². The second kappa shape index (κ2) is 7.11. The van der Waals surface area contributed by atoms with Crippen LogP contribution in [0.4, 0.5) is 17.1 Å². The van der Waals surface area contributed by atoms with Gasteiger partial charge in [0, 0.05) is 31.2 Å². The van der Waals surface area contributed by atoms with Crippen LogP contribution in [0, 0.1) is 0 Å². The van der Waals surface area contributed by atoms with E-state index < -0.39 is 0 Å². The Kier molecular flexibility index (Phi) is 4.92. The number of nitrogens with one attached hydrogen (secondary N) is 1. The summed E-state index contributed by atoms with van der Waals surface area (Å²) in [6, 6.07) is 12.8. The molecule has 2 aromatic carbocycles. The van der Waals surface area contributed by atoms with Gasteiger partial charge in [-0.1, -0.05) is 23.7 Å². The van der Waals surface area contributed by atoms with Crippen molar-refractivity contribution in [2.24, 2.45) is 0 Å². The summed E-state index contributed by atoms with van der Waals surface area (Å²) >= 11 is 5.94. The number of benzene rings is 2. The molecule has 1 amide bonds. The molecule has 0 spiro atoms. The van der Waals surface area contributed by atoms with Crippen LogP contribution in [0.1, 0.15) is 10.4 Å². The highest BCUT2D eigenvalue weighted by Gasteiger charge is 2.22. The molecule has 0 aromatic heterocycles. The summed E-state index contributed by atoms with van der Waals surface area (Å²) in [4.78, 5) is 17.0. The molecule has 3 N–H and O–H groups in total. The summed E-state index contributed by atoms with van der Waals surface area (Å²) in [5, 5.41) is 3.84. The number of piperazine rings is 1. The lowest BCUT2D eigenvalue weighted by molar-refractivity contribution is 0.0665. The van der Waals surface area contributed by atoms with E-state index >= 15 is 0 Å². The smallest absolute Gasteiger partial charge is 0.256 e. The summed E-state index contributed by atoms with van der Waals surface area (Å²) in [5.41, 5.74) is 8.68. The van der Waals surface area contributed by atoms with Gasteiger partial charge < -0.3 is 20.9 Å². The van der Waals surface area contributed by atoms with E-state index in [0.717, 1.165) is 37.6 Å². The fraction of sp³-hybridized carbons (Fsp3) is 0.278. The molecule has 1 saturated heterocycles. The Morgan fingerprint density at radius 2 is 1.79 bits per heavy atom. The van der Waals surface area contributed by atoms with Crippen molar-refractivity contribution in [2.75, 3.05) is 44.3 Å². The minimum Gasteiger partial charge on any atom is -0.397 e. The largest absolute Gasteiger partial charge is 0.397 e. The molecule has 3 rings (SSSR count). The maximum atomic E-state index is 12.9. The van der Waals surface area contributed by atoms with Crippen molar-refractivity contribution in [3.05, 3.63) is 53.1 Å². The van der Waals surface area contributed by atoms with Crippen molar-refractivity contribution >= 4 is 34.6 Å². The van der Waals surface area contributed by atoms with Crippen molar-refractivity contribution in [3.63, 3.8) is 0 Å². The molecule has 0 saturated carbocycles. The zero-order valence-electron chi connectivity index (χ0n) is 13.6. The van der Waals surface area contributed by atoms with E-state index in [9.17, 15) is 4.79 Å². The summed E-state index contributed by atoms with van der Waals surface area (Å²) in [6.07, 6.45) is 0. The van der Waals surface area contributed by atoms with Gasteiger partial charge in [0.15, 0.2) is 0 Å². The fourth-order valence-corrected chi connectivity index (χ4v) is 2.93. The van der Waals surface area contributed by atoms with Gasteiger partial charge >= 0.3 is 0 Å². The third-order valence-corrected chi connectivity index (χ3v) is 4.47. The van der Waals surface area contributed by atoms with Crippen LogP contribution in [0.3, 0.4) is 0 Å². The molecule has 0 unspecified atom stereocenters. The summed E-state index contributed by atoms with van der Waals surface area (Å²) < 4.78 is 0. The van der Waals surface area contributed by atoms with Gasteiger partial charge in [0.25, 0.3) is 5.91 Å². The zero-order chi connectivity index (χ0) is 17.1. The molecule has 0 aliphatic carbocycles. The lowest BCUT2D eigenvalue weighted by atomic mass is 10.1. The van der Waals surface area contributed by atoms with E-state index in [-0.39, 0.29) is 5.91 Å². The predicted octanol–water partition coefficient (Wildman–Crippen LogP) is 3.05. The highest BCUT2D eigenvalue weighted by atomic mass is 35.5. The second-order valence-electron chi connectivity index (χ2n) is 6.00. The van der Waals surface area contributed by atoms with Crippen LogP contribution in [-0.4, -0.2) is 48.9 Å². The molecular formula is C18H21ClN4O. The Labute approximate surface area is 147 Å². The first-order valence-electron chi connectivity index (χ1n) is 7.93. The first kappa shape index (κ1) is 16.6. The fourth-order valence-electron chi connectivity index (χ4n) is 2.75. The lowest BCUT2D eigenvalue weighted by Crippen LogP contribution is -2.47. The van der Waals surface area contributed by atoms with Crippen molar-refractivity contribution in [3.8, 4) is 0 Å². The normalized spacial score (nSPS) is 15.3. The van der Waals surface area contributed by atoms with E-state index in [1.54, 1.807) is 12.1 Å². The number of para-hydroxylation sites is 1. The quantitative estimate of drug-likeness (QED) is 0.840. The second-order valence-corrected chi connectivity index (χ2v) is 6.43. The van der Waals surface area contributed by atoms with Crippen LogP contribution in [0.15, 0.2) is 42.5 Å². The van der Waals surface area contributed by atoms with Crippen molar-refractivity contribution < 1.29 is 4.79 Å². The van der Waals surface area contributed by atoms with Gasteiger partial charge in [0.05, 0.1) is 22.6 Å². The minimum atomic E-state index is 0.0405. The topological polar surface area (TPSA) is 61.6 Å². The van der Waals surface area contributed by atoms with Crippen molar-refractivity contribution in [1.29, 1.82) is 0 Å². The van der Waals surface area contributed by atoms with Crippen LogP contribution >= 0.6 is 11.6 Å². The average molecular weight is 345 g/mol. The Morgan fingerprint density at radius 1 is 1.08 bits per heavy atom. The number of halogens is 1. The average Bonchev–Trinajstić information content (AvgIpc) is 2.58. The van der Waals surface area contributed by atoms with E-state index in [4.69, 9.17) is 17.3 Å². The molecule has 2 aromatic rings. The Balaban J connectivity index is 1.83. The number of carbonyl (C=O) groups excluding carboxylic acids is 1. The summed E-state index contributed by atoms with van der Waals surface area (Å²) in [5.74, 6) is 0.0405. The van der Waals surface area contributed by atoms with E-state index in [1.165, 1.54) is 0 Å². The molecule has 1 heterocycles. The van der Waals surface area contributed by atoms with Gasteiger partial charge in [-0.2, -0.15) is 0 Å². The number of nitrogens with zero attached hydrogens (tertiary/aromatic N) is 2. The van der Waals surface area contributed by atoms with Crippen LogP contribution in [0.2, 0.25) is 5.02 Å². The summed E-state index contributed by atoms with van der Waals surface area (Å²) in [6.45, 7) is 3.27. The SMILES string of the molecule is CN1CCN(C(=O)c2ccccc2Nc2ccc(Cl)cc2N)CC1. The molecule has 0 atom stereocenters. The highest BCUT2D eigenvalue weighted by Crippen LogP contribution is 2.28. The number of anilines is 3. The Bertz CT molecular complexity index is 742. The van der Waals surface area contributed by atoms with Crippen molar-refractivity contribution in [1.82, 2.24) is 9.80 Å². The molecule has 5 nitrogen and oxygen atoms in total. The molecule has 126 valence electrons. The maximum Gasteiger partial charge on any atom is 0.256 e. The molecular weight excluding hydrogens is 324 g/mol. The molecule has 1 aliphatic rings. The first-order valence-corrected chi connectivity index (χ1v) is 8.31. The number of nitrogen functional groups attached to an aromatic ring is 1. The van der Waals surface area contributed by atoms with E-state index in [0.29, 0.717) is 16.3 Å². The van der Waals surface area contributed by atoms with Crippen molar-refractivity contribution in [2.45, 2.75) is 0 Å². The number of rotatable bonds is 3. The van der Waals surface area contributed by atoms with Crippen LogP contribution in [0.5, 0.6) is 0 Å².